The lowest BCUT2D eigenvalue weighted by Crippen LogP contribution is -2.15. The molecule has 1 aromatic rings. The third kappa shape index (κ3) is 4.00. The number of nitrogens with one attached hydrogen (secondary N) is 1. The smallest absolute Gasteiger partial charge is 0.188 e. The minimum Gasteiger partial charge on any atom is -0.467 e. The van der Waals surface area contributed by atoms with Gasteiger partial charge in [0, 0.05) is 24.2 Å². The van der Waals surface area contributed by atoms with E-state index in [-0.39, 0.29) is 6.79 Å². The van der Waals surface area contributed by atoms with Crippen molar-refractivity contribution in [1.29, 1.82) is 0 Å². The third-order valence-corrected chi connectivity index (χ3v) is 2.49. The molecule has 0 saturated heterocycles. The predicted molar refractivity (Wildman–Crippen MR) is 66.0 cm³/mol. The number of methoxy groups -OCH3 is 1. The van der Waals surface area contributed by atoms with Crippen LogP contribution >= 0.6 is 11.6 Å². The molecule has 0 aliphatic rings. The van der Waals surface area contributed by atoms with Gasteiger partial charge in [0.1, 0.15) is 5.75 Å². The molecular weight excluding hydrogens is 226 g/mol. The van der Waals surface area contributed by atoms with E-state index in [4.69, 9.17) is 21.1 Å². The van der Waals surface area contributed by atoms with E-state index in [1.807, 2.05) is 18.2 Å². The van der Waals surface area contributed by atoms with Gasteiger partial charge in [-0.25, -0.2) is 0 Å². The normalized spacial score (nSPS) is 10.4. The van der Waals surface area contributed by atoms with Crippen LogP contribution < -0.4 is 10.1 Å². The zero-order valence-corrected chi connectivity index (χ0v) is 10.5. The van der Waals surface area contributed by atoms with Gasteiger partial charge >= 0.3 is 0 Å². The summed E-state index contributed by atoms with van der Waals surface area (Å²) in [5.41, 5.74) is 0.981. The summed E-state index contributed by atoms with van der Waals surface area (Å²) in [4.78, 5) is 0. The molecule has 0 saturated carbocycles. The molecule has 0 aliphatic carbocycles. The van der Waals surface area contributed by atoms with E-state index >= 15 is 0 Å². The highest BCUT2D eigenvalue weighted by Crippen LogP contribution is 2.26. The van der Waals surface area contributed by atoms with E-state index in [0.717, 1.165) is 29.3 Å². The number of hydrogen-bond acceptors (Lipinski definition) is 3. The Morgan fingerprint density at radius 2 is 2.19 bits per heavy atom. The minimum atomic E-state index is 0.237. The Labute approximate surface area is 102 Å². The van der Waals surface area contributed by atoms with Crippen molar-refractivity contribution in [2.24, 2.45) is 0 Å². The van der Waals surface area contributed by atoms with Crippen LogP contribution in [0.4, 0.5) is 0 Å². The van der Waals surface area contributed by atoms with E-state index < -0.39 is 0 Å². The molecule has 4 heteroatoms. The van der Waals surface area contributed by atoms with Gasteiger partial charge < -0.3 is 14.8 Å². The van der Waals surface area contributed by atoms with Gasteiger partial charge in [0.05, 0.1) is 0 Å². The van der Waals surface area contributed by atoms with E-state index in [2.05, 4.69) is 12.2 Å². The summed E-state index contributed by atoms with van der Waals surface area (Å²) in [7, 11) is 1.60. The first-order valence-corrected chi connectivity index (χ1v) is 5.77. The molecule has 1 aromatic carbocycles. The molecule has 1 rings (SSSR count). The van der Waals surface area contributed by atoms with Crippen LogP contribution in [0.1, 0.15) is 18.9 Å². The largest absolute Gasteiger partial charge is 0.467 e. The zero-order chi connectivity index (χ0) is 11.8. The summed E-state index contributed by atoms with van der Waals surface area (Å²) in [6.45, 7) is 4.05. The van der Waals surface area contributed by atoms with Gasteiger partial charge in [-0.3, -0.25) is 0 Å². The van der Waals surface area contributed by atoms with Gasteiger partial charge in [-0.1, -0.05) is 24.6 Å². The van der Waals surface area contributed by atoms with Crippen LogP contribution in [0.5, 0.6) is 5.75 Å². The molecule has 0 aromatic heterocycles. The van der Waals surface area contributed by atoms with Gasteiger partial charge in [0.2, 0.25) is 0 Å². The average molecular weight is 244 g/mol. The zero-order valence-electron chi connectivity index (χ0n) is 9.75. The van der Waals surface area contributed by atoms with Crippen molar-refractivity contribution >= 4 is 11.6 Å². The Hall–Kier alpha value is -0.770. The Balaban J connectivity index is 2.69. The van der Waals surface area contributed by atoms with E-state index in [9.17, 15) is 0 Å². The second-order valence-electron chi connectivity index (χ2n) is 3.44. The van der Waals surface area contributed by atoms with Gasteiger partial charge in [0.25, 0.3) is 0 Å². The number of ether oxygens (including phenoxy) is 2. The Bertz CT molecular complexity index is 318. The number of benzene rings is 1. The second-order valence-corrected chi connectivity index (χ2v) is 3.85. The Morgan fingerprint density at radius 3 is 2.88 bits per heavy atom. The summed E-state index contributed by atoms with van der Waals surface area (Å²) < 4.78 is 10.3. The van der Waals surface area contributed by atoms with Crippen LogP contribution in [-0.2, 0) is 11.3 Å². The monoisotopic (exact) mass is 243 g/mol. The molecule has 16 heavy (non-hydrogen) atoms. The third-order valence-electron chi connectivity index (χ3n) is 2.14. The van der Waals surface area contributed by atoms with Gasteiger partial charge in [-0.15, -0.1) is 0 Å². The fourth-order valence-electron chi connectivity index (χ4n) is 1.36. The Morgan fingerprint density at radius 1 is 1.38 bits per heavy atom. The van der Waals surface area contributed by atoms with E-state index in [1.165, 1.54) is 0 Å². The number of hydrogen-bond donors (Lipinski definition) is 1. The maximum Gasteiger partial charge on any atom is 0.188 e. The second kappa shape index (κ2) is 7.49. The molecule has 0 radical (unpaired) electrons. The van der Waals surface area contributed by atoms with E-state index in [1.54, 1.807) is 7.11 Å². The molecule has 0 atom stereocenters. The molecule has 0 aliphatic heterocycles. The summed E-state index contributed by atoms with van der Waals surface area (Å²) in [6, 6.07) is 5.63. The fourth-order valence-corrected chi connectivity index (χ4v) is 1.59. The van der Waals surface area contributed by atoms with Crippen LogP contribution in [-0.4, -0.2) is 20.4 Å². The van der Waals surface area contributed by atoms with Crippen molar-refractivity contribution in [2.45, 2.75) is 19.9 Å². The molecule has 0 amide bonds. The topological polar surface area (TPSA) is 30.5 Å². The SMILES string of the molecule is CCCNCc1c(Cl)cccc1OCOC. The van der Waals surface area contributed by atoms with E-state index in [0.29, 0.717) is 6.54 Å². The first kappa shape index (κ1) is 13.3. The van der Waals surface area contributed by atoms with Gasteiger partial charge in [-0.05, 0) is 25.1 Å². The highest BCUT2D eigenvalue weighted by atomic mass is 35.5. The lowest BCUT2D eigenvalue weighted by Gasteiger charge is -2.12. The molecule has 0 heterocycles. The first-order valence-electron chi connectivity index (χ1n) is 5.39. The predicted octanol–water partition coefficient (Wildman–Crippen LogP) is 2.82. The minimum absolute atomic E-state index is 0.237. The molecule has 0 unspecified atom stereocenters. The van der Waals surface area contributed by atoms with Gasteiger partial charge in [0.15, 0.2) is 6.79 Å². The molecular formula is C12H18ClNO2. The molecule has 0 fully saturated rings. The van der Waals surface area contributed by atoms with Crippen LogP contribution in [0.15, 0.2) is 18.2 Å². The van der Waals surface area contributed by atoms with Crippen molar-refractivity contribution in [3.8, 4) is 5.75 Å². The highest BCUT2D eigenvalue weighted by Gasteiger charge is 2.07. The summed E-state index contributed by atoms with van der Waals surface area (Å²) >= 11 is 6.13. The van der Waals surface area contributed by atoms with Crippen molar-refractivity contribution in [3.05, 3.63) is 28.8 Å². The lowest BCUT2D eigenvalue weighted by molar-refractivity contribution is 0.0503. The lowest BCUT2D eigenvalue weighted by atomic mass is 10.2. The van der Waals surface area contributed by atoms with Crippen molar-refractivity contribution < 1.29 is 9.47 Å². The maximum absolute atomic E-state index is 6.13. The van der Waals surface area contributed by atoms with Crippen LogP contribution in [0.2, 0.25) is 5.02 Å². The fraction of sp³-hybridized carbons (Fsp3) is 0.500. The summed E-state index contributed by atoms with van der Waals surface area (Å²) in [5, 5.41) is 4.02. The summed E-state index contributed by atoms with van der Waals surface area (Å²) in [6.07, 6.45) is 1.10. The molecule has 90 valence electrons. The van der Waals surface area contributed by atoms with Gasteiger partial charge in [-0.2, -0.15) is 0 Å². The highest BCUT2D eigenvalue weighted by molar-refractivity contribution is 6.31. The quantitative estimate of drug-likeness (QED) is 0.590. The summed E-state index contributed by atoms with van der Waals surface area (Å²) in [5.74, 6) is 0.776. The molecule has 0 spiro atoms. The first-order chi connectivity index (χ1) is 7.79. The van der Waals surface area contributed by atoms with Crippen LogP contribution in [0, 0.1) is 0 Å². The molecule has 1 N–H and O–H groups in total. The standard InChI is InChI=1S/C12H18ClNO2/c1-3-7-14-8-10-11(13)5-4-6-12(10)16-9-15-2/h4-6,14H,3,7-9H2,1-2H3. The maximum atomic E-state index is 6.13. The molecule has 0 bridgehead atoms. The average Bonchev–Trinajstić information content (AvgIpc) is 2.29. The molecule has 3 nitrogen and oxygen atoms in total. The Kier molecular flexibility index (Phi) is 6.23. The van der Waals surface area contributed by atoms with Crippen molar-refractivity contribution in [1.82, 2.24) is 5.32 Å². The van der Waals surface area contributed by atoms with Crippen LogP contribution in [0.25, 0.3) is 0 Å². The van der Waals surface area contributed by atoms with Crippen molar-refractivity contribution in [2.75, 3.05) is 20.4 Å². The number of rotatable bonds is 7. The number of halogens is 1. The van der Waals surface area contributed by atoms with Crippen LogP contribution in [0.3, 0.4) is 0 Å². The van der Waals surface area contributed by atoms with Crippen molar-refractivity contribution in [3.63, 3.8) is 0 Å².